The number of carboxylic acids is 1. The fraction of sp³-hybridized carbons (Fsp3) is 0.312. The van der Waals surface area contributed by atoms with Gasteiger partial charge in [-0.3, -0.25) is 14.7 Å². The van der Waals surface area contributed by atoms with E-state index in [2.05, 4.69) is 10.2 Å². The fourth-order valence-electron chi connectivity index (χ4n) is 2.68. The molecule has 120 valence electrons. The molecular weight excluding hydrogens is 298 g/mol. The van der Waals surface area contributed by atoms with Crippen molar-refractivity contribution in [3.63, 3.8) is 0 Å². The lowest BCUT2D eigenvalue weighted by atomic mass is 10.1. The molecule has 1 aromatic heterocycles. The van der Waals surface area contributed by atoms with Gasteiger partial charge in [-0.05, 0) is 24.6 Å². The first kappa shape index (κ1) is 15.1. The molecule has 1 aromatic carbocycles. The topological polar surface area (TPSA) is 95.5 Å². The van der Waals surface area contributed by atoms with Crippen LogP contribution in [0.3, 0.4) is 0 Å². The highest BCUT2D eigenvalue weighted by atomic mass is 16.5. The molecule has 0 spiro atoms. The number of carboxylic acid groups (broad SMARTS) is 1. The minimum Gasteiger partial charge on any atom is -0.497 e. The SMILES string of the molecule is COc1cccc(-c2cc(C(=O)N3CCC(C(=O)O)C3)[nH]n2)c1. The maximum atomic E-state index is 12.4. The van der Waals surface area contributed by atoms with Crippen LogP contribution in [0.5, 0.6) is 5.75 Å². The summed E-state index contributed by atoms with van der Waals surface area (Å²) in [7, 11) is 1.59. The van der Waals surface area contributed by atoms with E-state index >= 15 is 0 Å². The average molecular weight is 315 g/mol. The summed E-state index contributed by atoms with van der Waals surface area (Å²) < 4.78 is 5.18. The number of carbonyl (C=O) groups is 2. The number of amides is 1. The van der Waals surface area contributed by atoms with Crippen LogP contribution in [0.4, 0.5) is 0 Å². The summed E-state index contributed by atoms with van der Waals surface area (Å²) in [5.74, 6) is -0.862. The quantitative estimate of drug-likeness (QED) is 0.894. The molecule has 7 nitrogen and oxygen atoms in total. The van der Waals surface area contributed by atoms with Crippen molar-refractivity contribution >= 4 is 11.9 Å². The van der Waals surface area contributed by atoms with Crippen LogP contribution >= 0.6 is 0 Å². The Morgan fingerprint density at radius 2 is 2.22 bits per heavy atom. The van der Waals surface area contributed by atoms with Crippen molar-refractivity contribution in [3.8, 4) is 17.0 Å². The van der Waals surface area contributed by atoms with Crippen LogP contribution in [0.25, 0.3) is 11.3 Å². The number of ether oxygens (including phenoxy) is 1. The maximum absolute atomic E-state index is 12.4. The Kier molecular flexibility index (Phi) is 4.01. The van der Waals surface area contributed by atoms with Crippen LogP contribution in [0, 0.1) is 5.92 Å². The predicted octanol–water partition coefficient (Wildman–Crippen LogP) is 1.63. The first-order chi connectivity index (χ1) is 11.1. The van der Waals surface area contributed by atoms with E-state index in [0.717, 1.165) is 5.56 Å². The average Bonchev–Trinajstić information content (AvgIpc) is 3.24. The van der Waals surface area contributed by atoms with Gasteiger partial charge in [0.25, 0.3) is 5.91 Å². The third-order valence-corrected chi connectivity index (χ3v) is 4.00. The van der Waals surface area contributed by atoms with E-state index in [0.29, 0.717) is 30.1 Å². The van der Waals surface area contributed by atoms with Crippen molar-refractivity contribution < 1.29 is 19.4 Å². The van der Waals surface area contributed by atoms with Crippen molar-refractivity contribution in [2.75, 3.05) is 20.2 Å². The zero-order chi connectivity index (χ0) is 16.4. The summed E-state index contributed by atoms with van der Waals surface area (Å²) in [6, 6.07) is 9.07. The van der Waals surface area contributed by atoms with E-state index in [1.165, 1.54) is 0 Å². The molecule has 3 rings (SSSR count). The molecule has 1 fully saturated rings. The third-order valence-electron chi connectivity index (χ3n) is 4.00. The van der Waals surface area contributed by atoms with Crippen molar-refractivity contribution in [3.05, 3.63) is 36.0 Å². The molecule has 1 atom stereocenters. The predicted molar refractivity (Wildman–Crippen MR) is 82.2 cm³/mol. The highest BCUT2D eigenvalue weighted by Gasteiger charge is 2.31. The van der Waals surface area contributed by atoms with Crippen molar-refractivity contribution in [1.29, 1.82) is 0 Å². The van der Waals surface area contributed by atoms with Crippen LogP contribution in [0.15, 0.2) is 30.3 Å². The lowest BCUT2D eigenvalue weighted by Gasteiger charge is -2.13. The summed E-state index contributed by atoms with van der Waals surface area (Å²) in [4.78, 5) is 24.9. The van der Waals surface area contributed by atoms with Gasteiger partial charge in [0.1, 0.15) is 11.4 Å². The monoisotopic (exact) mass is 315 g/mol. The molecule has 1 unspecified atom stereocenters. The largest absolute Gasteiger partial charge is 0.497 e. The minimum absolute atomic E-state index is 0.226. The maximum Gasteiger partial charge on any atom is 0.308 e. The van der Waals surface area contributed by atoms with Gasteiger partial charge < -0.3 is 14.7 Å². The van der Waals surface area contributed by atoms with E-state index in [1.807, 2.05) is 24.3 Å². The van der Waals surface area contributed by atoms with Crippen LogP contribution in [0.2, 0.25) is 0 Å². The van der Waals surface area contributed by atoms with Gasteiger partial charge in [0.2, 0.25) is 0 Å². The molecule has 2 aromatic rings. The highest BCUT2D eigenvalue weighted by molar-refractivity contribution is 5.94. The van der Waals surface area contributed by atoms with Gasteiger partial charge in [0.15, 0.2) is 0 Å². The Morgan fingerprint density at radius 1 is 1.39 bits per heavy atom. The van der Waals surface area contributed by atoms with Crippen LogP contribution in [0.1, 0.15) is 16.9 Å². The van der Waals surface area contributed by atoms with Gasteiger partial charge in [-0.1, -0.05) is 12.1 Å². The molecular formula is C16H17N3O4. The first-order valence-electron chi connectivity index (χ1n) is 7.30. The molecule has 1 amide bonds. The summed E-state index contributed by atoms with van der Waals surface area (Å²) in [6.45, 7) is 0.686. The number of nitrogens with one attached hydrogen (secondary N) is 1. The minimum atomic E-state index is -0.859. The summed E-state index contributed by atoms with van der Waals surface area (Å²) in [5.41, 5.74) is 1.83. The third kappa shape index (κ3) is 3.03. The number of nitrogens with zero attached hydrogens (tertiary/aromatic N) is 2. The normalized spacial score (nSPS) is 17.3. The Balaban J connectivity index is 1.76. The first-order valence-corrected chi connectivity index (χ1v) is 7.30. The zero-order valence-corrected chi connectivity index (χ0v) is 12.7. The standard InChI is InChI=1S/C16H17N3O4/c1-23-12-4-2-3-10(7-12)13-8-14(18-17-13)15(20)19-6-5-11(9-19)16(21)22/h2-4,7-8,11H,5-6,9H2,1H3,(H,17,18)(H,21,22). The van der Waals surface area contributed by atoms with E-state index in [9.17, 15) is 9.59 Å². The van der Waals surface area contributed by atoms with Gasteiger partial charge in [0, 0.05) is 18.7 Å². The molecule has 2 N–H and O–H groups in total. The van der Waals surface area contributed by atoms with Crippen molar-refractivity contribution in [1.82, 2.24) is 15.1 Å². The number of aromatic amines is 1. The van der Waals surface area contributed by atoms with Gasteiger partial charge in [-0.25, -0.2) is 0 Å². The molecule has 1 aliphatic rings. The van der Waals surface area contributed by atoms with Crippen molar-refractivity contribution in [2.45, 2.75) is 6.42 Å². The van der Waals surface area contributed by atoms with Crippen LogP contribution < -0.4 is 4.74 Å². The Morgan fingerprint density at radius 3 is 2.91 bits per heavy atom. The van der Waals surface area contributed by atoms with Crippen LogP contribution in [-0.4, -0.2) is 52.3 Å². The number of benzene rings is 1. The molecule has 0 aliphatic carbocycles. The Hall–Kier alpha value is -2.83. The second-order valence-corrected chi connectivity index (χ2v) is 5.47. The number of carbonyl (C=O) groups excluding carboxylic acids is 1. The Labute approximate surface area is 132 Å². The number of rotatable bonds is 4. The molecule has 0 saturated carbocycles. The molecule has 23 heavy (non-hydrogen) atoms. The molecule has 7 heteroatoms. The second kappa shape index (κ2) is 6.12. The molecule has 0 radical (unpaired) electrons. The van der Waals surface area contributed by atoms with Crippen molar-refractivity contribution in [2.24, 2.45) is 5.92 Å². The summed E-state index contributed by atoms with van der Waals surface area (Å²) in [5, 5.41) is 15.9. The van der Waals surface area contributed by atoms with E-state index in [-0.39, 0.29) is 12.5 Å². The molecule has 1 saturated heterocycles. The number of H-pyrrole nitrogens is 1. The second-order valence-electron chi connectivity index (χ2n) is 5.47. The smallest absolute Gasteiger partial charge is 0.308 e. The number of methoxy groups -OCH3 is 1. The molecule has 1 aliphatic heterocycles. The van der Waals surface area contributed by atoms with Crippen LogP contribution in [-0.2, 0) is 4.79 Å². The fourth-order valence-corrected chi connectivity index (χ4v) is 2.68. The van der Waals surface area contributed by atoms with E-state index in [4.69, 9.17) is 9.84 Å². The molecule has 0 bridgehead atoms. The summed E-state index contributed by atoms with van der Waals surface area (Å²) in [6.07, 6.45) is 0.484. The van der Waals surface area contributed by atoms with Gasteiger partial charge in [-0.15, -0.1) is 0 Å². The van der Waals surface area contributed by atoms with E-state index < -0.39 is 11.9 Å². The number of likely N-dealkylation sites (tertiary alicyclic amines) is 1. The number of aromatic nitrogens is 2. The van der Waals surface area contributed by atoms with Gasteiger partial charge >= 0.3 is 5.97 Å². The number of hydrogen-bond donors (Lipinski definition) is 2. The zero-order valence-electron chi connectivity index (χ0n) is 12.7. The molecule has 2 heterocycles. The summed E-state index contributed by atoms with van der Waals surface area (Å²) >= 11 is 0. The van der Waals surface area contributed by atoms with Gasteiger partial charge in [0.05, 0.1) is 18.7 Å². The lowest BCUT2D eigenvalue weighted by molar-refractivity contribution is -0.141. The number of aliphatic carboxylic acids is 1. The van der Waals surface area contributed by atoms with Gasteiger partial charge in [-0.2, -0.15) is 5.10 Å². The highest BCUT2D eigenvalue weighted by Crippen LogP contribution is 2.24. The lowest BCUT2D eigenvalue weighted by Crippen LogP contribution is -2.30. The number of hydrogen-bond acceptors (Lipinski definition) is 4. The Bertz CT molecular complexity index is 740. The van der Waals surface area contributed by atoms with E-state index in [1.54, 1.807) is 18.1 Å².